The van der Waals surface area contributed by atoms with E-state index in [1.807, 2.05) is 0 Å². The van der Waals surface area contributed by atoms with Crippen molar-refractivity contribution in [1.29, 1.82) is 0 Å². The molecule has 0 rings (SSSR count). The molecule has 0 aliphatic rings. The van der Waals surface area contributed by atoms with Crippen molar-refractivity contribution < 1.29 is 9.90 Å². The first kappa shape index (κ1) is 14.6. The molecule has 0 aliphatic heterocycles. The minimum absolute atomic E-state index is 0.316. The Kier molecular flexibility index (Phi) is 13.2. The average molecular weight is 215 g/mol. The van der Waals surface area contributed by atoms with Crippen LogP contribution >= 0.6 is 0 Å². The van der Waals surface area contributed by atoms with Crippen LogP contribution in [0.1, 0.15) is 51.4 Å². The predicted octanol–water partition coefficient (Wildman–Crippen LogP) is 1.89. The van der Waals surface area contributed by atoms with E-state index in [2.05, 4.69) is 5.32 Å². The Morgan fingerprint density at radius 3 is 2.07 bits per heavy atom. The smallest absolute Gasteiger partial charge is 0.119 e. The zero-order valence-corrected chi connectivity index (χ0v) is 9.71. The van der Waals surface area contributed by atoms with E-state index in [1.54, 1.807) is 0 Å². The predicted molar refractivity (Wildman–Crippen MR) is 63.0 cm³/mol. The summed E-state index contributed by atoms with van der Waals surface area (Å²) in [5.41, 5.74) is 0. The number of hydrogen-bond donors (Lipinski definition) is 2. The van der Waals surface area contributed by atoms with E-state index in [-0.39, 0.29) is 0 Å². The molecule has 2 N–H and O–H groups in total. The molecule has 15 heavy (non-hydrogen) atoms. The van der Waals surface area contributed by atoms with Crippen LogP contribution in [0, 0.1) is 0 Å². The van der Waals surface area contributed by atoms with Gasteiger partial charge < -0.3 is 15.2 Å². The number of aliphatic hydroxyl groups excluding tert-OH is 1. The number of carbonyl (C=O) groups excluding carboxylic acids is 1. The van der Waals surface area contributed by atoms with Gasteiger partial charge in [0.2, 0.25) is 0 Å². The van der Waals surface area contributed by atoms with Crippen LogP contribution in [0.4, 0.5) is 0 Å². The lowest BCUT2D eigenvalue weighted by Crippen LogP contribution is -2.16. The maximum Gasteiger partial charge on any atom is 0.119 e. The summed E-state index contributed by atoms with van der Waals surface area (Å²) in [6.07, 6.45) is 9.55. The summed E-state index contributed by atoms with van der Waals surface area (Å²) in [6, 6.07) is 0. The van der Waals surface area contributed by atoms with E-state index in [0.29, 0.717) is 13.0 Å². The van der Waals surface area contributed by atoms with E-state index in [0.717, 1.165) is 45.1 Å². The van der Waals surface area contributed by atoms with Crippen molar-refractivity contribution in [2.45, 2.75) is 51.4 Å². The molecule has 3 nitrogen and oxygen atoms in total. The van der Waals surface area contributed by atoms with Crippen molar-refractivity contribution in [3.63, 3.8) is 0 Å². The van der Waals surface area contributed by atoms with Crippen LogP contribution in [0.15, 0.2) is 0 Å². The molecule has 0 saturated carbocycles. The minimum atomic E-state index is 0.316. The van der Waals surface area contributed by atoms with Gasteiger partial charge in [-0.3, -0.25) is 0 Å². The topological polar surface area (TPSA) is 49.3 Å². The molecule has 0 spiro atoms. The lowest BCUT2D eigenvalue weighted by atomic mass is 10.1. The molecule has 0 aliphatic carbocycles. The van der Waals surface area contributed by atoms with E-state index >= 15 is 0 Å². The van der Waals surface area contributed by atoms with Gasteiger partial charge in [-0.25, -0.2) is 0 Å². The van der Waals surface area contributed by atoms with Crippen molar-refractivity contribution >= 4 is 6.29 Å². The monoisotopic (exact) mass is 215 g/mol. The van der Waals surface area contributed by atoms with Gasteiger partial charge >= 0.3 is 0 Å². The normalized spacial score (nSPS) is 10.5. The van der Waals surface area contributed by atoms with Crippen LogP contribution in [-0.2, 0) is 4.79 Å². The maximum atomic E-state index is 10.0. The third kappa shape index (κ3) is 13.6. The molecule has 0 heterocycles. The van der Waals surface area contributed by atoms with E-state index in [9.17, 15) is 4.79 Å². The molecule has 0 unspecified atom stereocenters. The molecule has 90 valence electrons. The molecular weight excluding hydrogens is 190 g/mol. The number of aliphatic hydroxyl groups is 1. The van der Waals surface area contributed by atoms with Crippen LogP contribution in [-0.4, -0.2) is 31.1 Å². The van der Waals surface area contributed by atoms with Gasteiger partial charge in [-0.05, 0) is 45.2 Å². The Labute approximate surface area is 93.3 Å². The third-order valence-corrected chi connectivity index (χ3v) is 2.44. The summed E-state index contributed by atoms with van der Waals surface area (Å²) in [4.78, 5) is 10.0. The lowest BCUT2D eigenvalue weighted by molar-refractivity contribution is -0.107. The maximum absolute atomic E-state index is 10.0. The first-order chi connectivity index (χ1) is 7.41. The van der Waals surface area contributed by atoms with Crippen LogP contribution < -0.4 is 5.32 Å². The average Bonchev–Trinajstić information content (AvgIpc) is 2.26. The number of aldehydes is 1. The van der Waals surface area contributed by atoms with E-state index < -0.39 is 0 Å². The summed E-state index contributed by atoms with van der Waals surface area (Å²) < 4.78 is 0. The molecule has 0 atom stereocenters. The molecule has 3 heteroatoms. The minimum Gasteiger partial charge on any atom is -0.396 e. The molecule has 0 amide bonds. The van der Waals surface area contributed by atoms with Crippen molar-refractivity contribution in [1.82, 2.24) is 5.32 Å². The van der Waals surface area contributed by atoms with Gasteiger partial charge in [-0.1, -0.05) is 12.8 Å². The summed E-state index contributed by atoms with van der Waals surface area (Å²) in [7, 11) is 0. The van der Waals surface area contributed by atoms with Gasteiger partial charge in [-0.15, -0.1) is 0 Å². The fraction of sp³-hybridized carbons (Fsp3) is 0.917. The highest BCUT2D eigenvalue weighted by atomic mass is 16.2. The highest BCUT2D eigenvalue weighted by Gasteiger charge is 1.91. The van der Waals surface area contributed by atoms with Crippen LogP contribution in [0.25, 0.3) is 0 Å². The molecule has 0 aromatic carbocycles. The number of nitrogens with one attached hydrogen (secondary N) is 1. The largest absolute Gasteiger partial charge is 0.396 e. The zero-order chi connectivity index (χ0) is 11.2. The van der Waals surface area contributed by atoms with Gasteiger partial charge in [0.05, 0.1) is 0 Å². The van der Waals surface area contributed by atoms with Gasteiger partial charge in [0, 0.05) is 13.0 Å². The Bertz CT molecular complexity index is 129. The second-order valence-corrected chi connectivity index (χ2v) is 3.90. The van der Waals surface area contributed by atoms with Crippen molar-refractivity contribution in [2.75, 3.05) is 19.7 Å². The molecule has 0 aromatic rings. The quantitative estimate of drug-likeness (QED) is 0.386. The Morgan fingerprint density at radius 2 is 1.47 bits per heavy atom. The number of hydrogen-bond acceptors (Lipinski definition) is 3. The summed E-state index contributed by atoms with van der Waals surface area (Å²) in [5, 5.41) is 11.9. The molecule has 0 bridgehead atoms. The second kappa shape index (κ2) is 13.6. The molecular formula is C12H25NO2. The Morgan fingerprint density at radius 1 is 0.867 bits per heavy atom. The molecule has 0 radical (unpaired) electrons. The van der Waals surface area contributed by atoms with Crippen LogP contribution in [0.2, 0.25) is 0 Å². The fourth-order valence-corrected chi connectivity index (χ4v) is 1.49. The van der Waals surface area contributed by atoms with Crippen molar-refractivity contribution in [3.05, 3.63) is 0 Å². The number of rotatable bonds is 12. The van der Waals surface area contributed by atoms with Crippen LogP contribution in [0.5, 0.6) is 0 Å². The molecule has 0 aromatic heterocycles. The van der Waals surface area contributed by atoms with Crippen LogP contribution in [0.3, 0.4) is 0 Å². The highest BCUT2D eigenvalue weighted by molar-refractivity contribution is 5.48. The number of carbonyl (C=O) groups is 1. The van der Waals surface area contributed by atoms with Gasteiger partial charge in [-0.2, -0.15) is 0 Å². The molecule has 0 saturated heterocycles. The van der Waals surface area contributed by atoms with E-state index in [1.165, 1.54) is 19.3 Å². The Hall–Kier alpha value is -0.410. The SMILES string of the molecule is O=CCCCCCCNCCCCCO. The fourth-order valence-electron chi connectivity index (χ4n) is 1.49. The Balaban J connectivity index is 2.83. The first-order valence-corrected chi connectivity index (χ1v) is 6.17. The number of unbranched alkanes of at least 4 members (excludes halogenated alkanes) is 6. The summed E-state index contributed by atoms with van der Waals surface area (Å²) in [5.74, 6) is 0. The highest BCUT2D eigenvalue weighted by Crippen LogP contribution is 2.00. The lowest BCUT2D eigenvalue weighted by Gasteiger charge is -2.03. The second-order valence-electron chi connectivity index (χ2n) is 3.90. The van der Waals surface area contributed by atoms with E-state index in [4.69, 9.17) is 5.11 Å². The zero-order valence-electron chi connectivity index (χ0n) is 9.71. The van der Waals surface area contributed by atoms with Gasteiger partial charge in [0.25, 0.3) is 0 Å². The molecule has 0 fully saturated rings. The standard InChI is InChI=1S/C12H25NO2/c14-11-7-3-1-2-5-9-13-10-6-4-8-12-15/h11,13,15H,1-10,12H2. The summed E-state index contributed by atoms with van der Waals surface area (Å²) in [6.45, 7) is 2.46. The summed E-state index contributed by atoms with van der Waals surface area (Å²) >= 11 is 0. The first-order valence-electron chi connectivity index (χ1n) is 6.17. The van der Waals surface area contributed by atoms with Crippen molar-refractivity contribution in [3.8, 4) is 0 Å². The van der Waals surface area contributed by atoms with Crippen molar-refractivity contribution in [2.24, 2.45) is 0 Å². The van der Waals surface area contributed by atoms with Gasteiger partial charge in [0.15, 0.2) is 0 Å². The van der Waals surface area contributed by atoms with Gasteiger partial charge in [0.1, 0.15) is 6.29 Å². The third-order valence-electron chi connectivity index (χ3n) is 2.44.